The molecule has 96 valence electrons. The summed E-state index contributed by atoms with van der Waals surface area (Å²) in [4.78, 5) is 11.4. The van der Waals surface area contributed by atoms with Crippen LogP contribution in [0.25, 0.3) is 0 Å². The van der Waals surface area contributed by atoms with Gasteiger partial charge in [0.2, 0.25) is 0 Å². The molecule has 0 aliphatic heterocycles. The van der Waals surface area contributed by atoms with E-state index in [0.29, 0.717) is 6.61 Å². The molecule has 0 saturated heterocycles. The van der Waals surface area contributed by atoms with Crippen molar-refractivity contribution in [1.29, 1.82) is 0 Å². The van der Waals surface area contributed by atoms with Crippen molar-refractivity contribution in [1.82, 2.24) is 5.32 Å². The predicted octanol–water partition coefficient (Wildman–Crippen LogP) is 2.45. The second-order valence-corrected chi connectivity index (χ2v) is 5.22. The van der Waals surface area contributed by atoms with Crippen molar-refractivity contribution in [3.63, 3.8) is 0 Å². The molecule has 0 radical (unpaired) electrons. The molecule has 0 amide bonds. The highest BCUT2D eigenvalue weighted by atomic mass is 32.2. The minimum absolute atomic E-state index is 0.162. The lowest BCUT2D eigenvalue weighted by molar-refractivity contribution is -0.145. The Balaban J connectivity index is 4.15. The third-order valence-electron chi connectivity index (χ3n) is 3.09. The molecule has 0 aliphatic carbocycles. The van der Waals surface area contributed by atoms with Gasteiger partial charge in [-0.2, -0.15) is 11.8 Å². The topological polar surface area (TPSA) is 38.3 Å². The summed E-state index contributed by atoms with van der Waals surface area (Å²) < 4.78 is 5.20. The highest BCUT2D eigenvalue weighted by molar-refractivity contribution is 8.00. The minimum Gasteiger partial charge on any atom is -0.465 e. The standard InChI is InChI=1S/C12H25NO2S/c1-6-12(7-2,16-5)9-13-10(4)11(14)15-8-3/h10,13H,6-9H2,1-5H3. The molecular weight excluding hydrogens is 222 g/mol. The lowest BCUT2D eigenvalue weighted by Crippen LogP contribution is -2.44. The number of thioether (sulfide) groups is 1. The third-order valence-corrected chi connectivity index (χ3v) is 4.68. The van der Waals surface area contributed by atoms with E-state index in [4.69, 9.17) is 4.74 Å². The van der Waals surface area contributed by atoms with Crippen LogP contribution in [-0.4, -0.2) is 36.2 Å². The van der Waals surface area contributed by atoms with E-state index >= 15 is 0 Å². The summed E-state index contributed by atoms with van der Waals surface area (Å²) in [5.41, 5.74) is 0. The Kier molecular flexibility index (Phi) is 7.85. The average molecular weight is 247 g/mol. The van der Waals surface area contributed by atoms with Gasteiger partial charge in [0.1, 0.15) is 6.04 Å². The minimum atomic E-state index is -0.218. The third kappa shape index (κ3) is 4.74. The van der Waals surface area contributed by atoms with E-state index in [1.54, 1.807) is 0 Å². The van der Waals surface area contributed by atoms with Gasteiger partial charge in [-0.15, -0.1) is 0 Å². The van der Waals surface area contributed by atoms with E-state index < -0.39 is 0 Å². The summed E-state index contributed by atoms with van der Waals surface area (Å²) in [5.74, 6) is -0.162. The van der Waals surface area contributed by atoms with E-state index in [1.165, 1.54) is 0 Å². The smallest absolute Gasteiger partial charge is 0.322 e. The molecule has 0 aromatic rings. The van der Waals surface area contributed by atoms with Gasteiger partial charge in [-0.05, 0) is 32.9 Å². The lowest BCUT2D eigenvalue weighted by Gasteiger charge is -2.31. The van der Waals surface area contributed by atoms with Crippen LogP contribution in [0.5, 0.6) is 0 Å². The first-order valence-electron chi connectivity index (χ1n) is 6.00. The SMILES string of the molecule is CCOC(=O)C(C)NCC(CC)(CC)SC. The van der Waals surface area contributed by atoms with Gasteiger partial charge in [0, 0.05) is 11.3 Å². The number of nitrogens with one attached hydrogen (secondary N) is 1. The van der Waals surface area contributed by atoms with Crippen molar-refractivity contribution in [3.8, 4) is 0 Å². The number of ether oxygens (including phenoxy) is 1. The van der Waals surface area contributed by atoms with E-state index in [-0.39, 0.29) is 16.8 Å². The molecule has 0 fully saturated rings. The van der Waals surface area contributed by atoms with Gasteiger partial charge in [-0.1, -0.05) is 13.8 Å². The van der Waals surface area contributed by atoms with Gasteiger partial charge in [-0.3, -0.25) is 4.79 Å². The molecule has 1 unspecified atom stereocenters. The molecule has 0 aliphatic rings. The van der Waals surface area contributed by atoms with Crippen molar-refractivity contribution in [3.05, 3.63) is 0 Å². The zero-order chi connectivity index (χ0) is 12.6. The van der Waals surface area contributed by atoms with Crippen LogP contribution in [-0.2, 0) is 9.53 Å². The highest BCUT2D eigenvalue weighted by Crippen LogP contribution is 2.29. The first-order valence-corrected chi connectivity index (χ1v) is 7.22. The quantitative estimate of drug-likeness (QED) is 0.669. The van der Waals surface area contributed by atoms with Crippen molar-refractivity contribution < 1.29 is 9.53 Å². The van der Waals surface area contributed by atoms with Crippen molar-refractivity contribution in [2.45, 2.75) is 51.3 Å². The molecule has 0 heterocycles. The van der Waals surface area contributed by atoms with Gasteiger partial charge in [0.15, 0.2) is 0 Å². The zero-order valence-corrected chi connectivity index (χ0v) is 11.9. The molecule has 1 atom stereocenters. The molecule has 0 spiro atoms. The van der Waals surface area contributed by atoms with E-state index in [2.05, 4.69) is 25.4 Å². The van der Waals surface area contributed by atoms with E-state index in [1.807, 2.05) is 25.6 Å². The number of carbonyl (C=O) groups is 1. The maximum absolute atomic E-state index is 11.4. The van der Waals surface area contributed by atoms with Crippen molar-refractivity contribution >= 4 is 17.7 Å². The molecule has 16 heavy (non-hydrogen) atoms. The maximum atomic E-state index is 11.4. The van der Waals surface area contributed by atoms with Gasteiger partial charge < -0.3 is 10.1 Å². The molecule has 0 aromatic carbocycles. The Bertz CT molecular complexity index is 197. The molecule has 4 heteroatoms. The summed E-state index contributed by atoms with van der Waals surface area (Å²) >= 11 is 1.87. The highest BCUT2D eigenvalue weighted by Gasteiger charge is 2.26. The van der Waals surface area contributed by atoms with Crippen LogP contribution < -0.4 is 5.32 Å². The van der Waals surface area contributed by atoms with Gasteiger partial charge >= 0.3 is 5.97 Å². The Hall–Kier alpha value is -0.220. The Morgan fingerprint density at radius 3 is 2.31 bits per heavy atom. The van der Waals surface area contributed by atoms with Crippen LogP contribution in [0.4, 0.5) is 0 Å². The number of rotatable bonds is 8. The number of hydrogen-bond donors (Lipinski definition) is 1. The molecule has 0 rings (SSSR count). The van der Waals surface area contributed by atoms with Crippen molar-refractivity contribution in [2.75, 3.05) is 19.4 Å². The van der Waals surface area contributed by atoms with Crippen LogP contribution >= 0.6 is 11.8 Å². The predicted molar refractivity (Wildman–Crippen MR) is 70.9 cm³/mol. The fourth-order valence-electron chi connectivity index (χ4n) is 1.55. The normalized spacial score (nSPS) is 13.6. The number of esters is 1. The molecule has 0 saturated carbocycles. The van der Waals surface area contributed by atoms with Crippen LogP contribution in [0.15, 0.2) is 0 Å². The monoisotopic (exact) mass is 247 g/mol. The van der Waals surface area contributed by atoms with Crippen LogP contribution in [0.3, 0.4) is 0 Å². The molecule has 0 bridgehead atoms. The van der Waals surface area contributed by atoms with Crippen LogP contribution in [0.1, 0.15) is 40.5 Å². The second kappa shape index (κ2) is 7.96. The molecular formula is C12H25NO2S. The summed E-state index contributed by atoms with van der Waals surface area (Å²) in [5, 5.41) is 3.27. The van der Waals surface area contributed by atoms with E-state index in [0.717, 1.165) is 19.4 Å². The van der Waals surface area contributed by atoms with Crippen LogP contribution in [0.2, 0.25) is 0 Å². The van der Waals surface area contributed by atoms with Crippen molar-refractivity contribution in [2.24, 2.45) is 0 Å². The summed E-state index contributed by atoms with van der Waals surface area (Å²) in [6, 6.07) is -0.218. The second-order valence-electron chi connectivity index (χ2n) is 3.95. The van der Waals surface area contributed by atoms with Gasteiger partial charge in [0.25, 0.3) is 0 Å². The van der Waals surface area contributed by atoms with Gasteiger partial charge in [-0.25, -0.2) is 0 Å². The fourth-order valence-corrected chi connectivity index (χ4v) is 2.36. The van der Waals surface area contributed by atoms with Gasteiger partial charge in [0.05, 0.1) is 6.61 Å². The average Bonchev–Trinajstić information content (AvgIpc) is 2.31. The maximum Gasteiger partial charge on any atom is 0.322 e. The Morgan fingerprint density at radius 1 is 1.38 bits per heavy atom. The van der Waals surface area contributed by atoms with Crippen LogP contribution in [0, 0.1) is 0 Å². The summed E-state index contributed by atoms with van der Waals surface area (Å²) in [6.07, 6.45) is 4.34. The zero-order valence-electron chi connectivity index (χ0n) is 11.1. The molecule has 3 nitrogen and oxygen atoms in total. The fraction of sp³-hybridized carbons (Fsp3) is 0.917. The molecule has 0 aromatic heterocycles. The molecule has 1 N–H and O–H groups in total. The number of carbonyl (C=O) groups excluding carboxylic acids is 1. The largest absolute Gasteiger partial charge is 0.465 e. The summed E-state index contributed by atoms with van der Waals surface area (Å²) in [7, 11) is 0. The summed E-state index contributed by atoms with van der Waals surface area (Å²) in [6.45, 7) is 9.36. The Labute approximate surface area is 104 Å². The lowest BCUT2D eigenvalue weighted by atomic mass is 10.0. The first-order chi connectivity index (χ1) is 7.55. The first kappa shape index (κ1) is 15.8. The number of hydrogen-bond acceptors (Lipinski definition) is 4. The van der Waals surface area contributed by atoms with E-state index in [9.17, 15) is 4.79 Å². The Morgan fingerprint density at radius 2 is 1.94 bits per heavy atom.